The number of rotatable bonds is 5. The molecule has 59 valence electrons. The van der Waals surface area contributed by atoms with Crippen molar-refractivity contribution in [3.8, 4) is 0 Å². The van der Waals surface area contributed by atoms with Crippen LogP contribution in [0.15, 0.2) is 12.2 Å². The summed E-state index contributed by atoms with van der Waals surface area (Å²) in [6.45, 7) is 10.9. The molecule has 2 heteroatoms. The van der Waals surface area contributed by atoms with Gasteiger partial charge in [-0.1, -0.05) is 25.5 Å². The van der Waals surface area contributed by atoms with E-state index in [1.807, 2.05) is 6.92 Å². The monoisotopic (exact) mass is 157 g/mol. The van der Waals surface area contributed by atoms with Gasteiger partial charge in [-0.15, -0.1) is 0 Å². The van der Waals surface area contributed by atoms with E-state index >= 15 is 0 Å². The van der Waals surface area contributed by atoms with Crippen LogP contribution in [0.3, 0.4) is 0 Å². The van der Waals surface area contributed by atoms with Crippen LogP contribution in [0, 0.1) is 0 Å². The van der Waals surface area contributed by atoms with Gasteiger partial charge in [0, 0.05) is 0 Å². The molecule has 0 saturated heterocycles. The Bertz CT molecular complexity index is 101. The normalized spacial score (nSPS) is 10.4. The van der Waals surface area contributed by atoms with Crippen LogP contribution in [0.1, 0.15) is 20.3 Å². The third-order valence-electron chi connectivity index (χ3n) is 1.17. The van der Waals surface area contributed by atoms with E-state index in [0.717, 1.165) is 12.2 Å². The molecule has 0 atom stereocenters. The molecule has 0 aliphatic rings. The van der Waals surface area contributed by atoms with Gasteiger partial charge in [-0.2, -0.15) is 0 Å². The van der Waals surface area contributed by atoms with Gasteiger partial charge in [0.05, 0.1) is 6.61 Å². The molecule has 0 aliphatic heterocycles. The smallest absolute Gasteiger partial charge is 0.208 e. The van der Waals surface area contributed by atoms with Crippen molar-refractivity contribution in [1.82, 2.24) is 0 Å². The minimum Gasteiger partial charge on any atom is -0.413 e. The van der Waals surface area contributed by atoms with Crippen molar-refractivity contribution in [2.24, 2.45) is 0 Å². The van der Waals surface area contributed by atoms with Crippen LogP contribution >= 0.6 is 0 Å². The zero-order valence-corrected chi connectivity index (χ0v) is 8.24. The average Bonchev–Trinajstić information content (AvgIpc) is 1.85. The highest BCUT2D eigenvalue weighted by Gasteiger charge is 2.02. The standard InChI is InChI=1S/C8H17OSi/c1-5-6-10(4)9-7-8(2)3/h2,5-7H2,1,3-4H3. The maximum atomic E-state index is 5.55. The van der Waals surface area contributed by atoms with Gasteiger partial charge >= 0.3 is 0 Å². The highest BCUT2D eigenvalue weighted by atomic mass is 28.3. The Morgan fingerprint density at radius 1 is 1.60 bits per heavy atom. The second-order valence-corrected chi connectivity index (χ2v) is 4.89. The van der Waals surface area contributed by atoms with Crippen LogP contribution in [0.25, 0.3) is 0 Å². The minimum absolute atomic E-state index is 0.497. The maximum absolute atomic E-state index is 5.55. The molecule has 0 rings (SSSR count). The molecule has 0 saturated carbocycles. The van der Waals surface area contributed by atoms with E-state index in [2.05, 4.69) is 20.0 Å². The minimum atomic E-state index is -0.497. The van der Waals surface area contributed by atoms with Crippen molar-refractivity contribution in [3.63, 3.8) is 0 Å². The molecular formula is C8H17OSi. The molecule has 0 aromatic heterocycles. The Balaban J connectivity index is 3.21. The lowest BCUT2D eigenvalue weighted by Crippen LogP contribution is -2.13. The molecule has 0 heterocycles. The summed E-state index contributed by atoms with van der Waals surface area (Å²) in [7, 11) is -0.497. The molecule has 0 amide bonds. The van der Waals surface area contributed by atoms with Crippen molar-refractivity contribution in [2.75, 3.05) is 6.61 Å². The van der Waals surface area contributed by atoms with E-state index in [0.29, 0.717) is 0 Å². The molecule has 1 radical (unpaired) electrons. The molecule has 0 N–H and O–H groups in total. The molecule has 0 fully saturated rings. The Morgan fingerprint density at radius 3 is 2.60 bits per heavy atom. The summed E-state index contributed by atoms with van der Waals surface area (Å²) in [4.78, 5) is 0. The molecule has 1 nitrogen and oxygen atoms in total. The summed E-state index contributed by atoms with van der Waals surface area (Å²) in [5.74, 6) is 0. The van der Waals surface area contributed by atoms with Gasteiger partial charge in [0.15, 0.2) is 0 Å². The molecule has 0 aromatic rings. The molecular weight excluding hydrogens is 140 g/mol. The van der Waals surface area contributed by atoms with Crippen LogP contribution in [0.2, 0.25) is 12.6 Å². The lowest BCUT2D eigenvalue weighted by molar-refractivity contribution is 0.358. The Kier molecular flexibility index (Phi) is 5.64. The second kappa shape index (κ2) is 5.68. The first-order chi connectivity index (χ1) is 4.66. The van der Waals surface area contributed by atoms with Crippen molar-refractivity contribution in [3.05, 3.63) is 12.2 Å². The van der Waals surface area contributed by atoms with E-state index in [1.54, 1.807) is 0 Å². The highest BCUT2D eigenvalue weighted by Crippen LogP contribution is 1.99. The lowest BCUT2D eigenvalue weighted by Gasteiger charge is -2.08. The van der Waals surface area contributed by atoms with E-state index in [4.69, 9.17) is 4.43 Å². The van der Waals surface area contributed by atoms with Crippen LogP contribution in [-0.2, 0) is 4.43 Å². The summed E-state index contributed by atoms with van der Waals surface area (Å²) in [6, 6.07) is 1.25. The zero-order valence-electron chi connectivity index (χ0n) is 7.24. The topological polar surface area (TPSA) is 9.23 Å². The number of hydrogen-bond acceptors (Lipinski definition) is 1. The zero-order chi connectivity index (χ0) is 7.98. The third kappa shape index (κ3) is 6.04. The summed E-state index contributed by atoms with van der Waals surface area (Å²) in [5.41, 5.74) is 1.13. The van der Waals surface area contributed by atoms with Crippen LogP contribution < -0.4 is 0 Å². The van der Waals surface area contributed by atoms with Gasteiger partial charge in [-0.3, -0.25) is 0 Å². The highest BCUT2D eigenvalue weighted by molar-refractivity contribution is 6.50. The average molecular weight is 157 g/mol. The van der Waals surface area contributed by atoms with Crippen LogP contribution in [0.4, 0.5) is 0 Å². The fourth-order valence-corrected chi connectivity index (χ4v) is 2.01. The molecule has 0 aromatic carbocycles. The summed E-state index contributed by atoms with van der Waals surface area (Å²) < 4.78 is 5.55. The largest absolute Gasteiger partial charge is 0.413 e. The maximum Gasteiger partial charge on any atom is 0.208 e. The quantitative estimate of drug-likeness (QED) is 0.440. The van der Waals surface area contributed by atoms with E-state index < -0.39 is 9.04 Å². The third-order valence-corrected chi connectivity index (χ3v) is 3.01. The Labute approximate surface area is 65.8 Å². The van der Waals surface area contributed by atoms with Gasteiger partial charge in [0.25, 0.3) is 0 Å². The van der Waals surface area contributed by atoms with Gasteiger partial charge in [-0.05, 0) is 19.5 Å². The number of hydrogen-bond donors (Lipinski definition) is 0. The van der Waals surface area contributed by atoms with E-state index in [9.17, 15) is 0 Å². The fourth-order valence-electron chi connectivity index (χ4n) is 0.671. The van der Waals surface area contributed by atoms with E-state index in [-0.39, 0.29) is 0 Å². The molecule has 0 spiro atoms. The first kappa shape index (κ1) is 9.92. The Morgan fingerprint density at radius 2 is 2.20 bits per heavy atom. The van der Waals surface area contributed by atoms with Crippen LogP contribution in [0.5, 0.6) is 0 Å². The van der Waals surface area contributed by atoms with Crippen molar-refractivity contribution in [2.45, 2.75) is 32.9 Å². The Hall–Kier alpha value is -0.0831. The van der Waals surface area contributed by atoms with E-state index in [1.165, 1.54) is 12.5 Å². The van der Waals surface area contributed by atoms with Crippen molar-refractivity contribution in [1.29, 1.82) is 0 Å². The predicted molar refractivity (Wildman–Crippen MR) is 47.5 cm³/mol. The first-order valence-electron chi connectivity index (χ1n) is 3.76. The molecule has 0 unspecified atom stereocenters. The van der Waals surface area contributed by atoms with Gasteiger partial charge in [0.2, 0.25) is 9.04 Å². The predicted octanol–water partition coefficient (Wildman–Crippen LogP) is 2.61. The molecule has 0 bridgehead atoms. The van der Waals surface area contributed by atoms with Gasteiger partial charge < -0.3 is 4.43 Å². The lowest BCUT2D eigenvalue weighted by atomic mass is 10.4. The summed E-state index contributed by atoms with van der Waals surface area (Å²) in [6.07, 6.45) is 1.24. The summed E-state index contributed by atoms with van der Waals surface area (Å²) in [5, 5.41) is 0. The molecule has 10 heavy (non-hydrogen) atoms. The first-order valence-corrected chi connectivity index (χ1v) is 5.88. The second-order valence-electron chi connectivity index (χ2n) is 2.70. The fraction of sp³-hybridized carbons (Fsp3) is 0.750. The van der Waals surface area contributed by atoms with Gasteiger partial charge in [0.1, 0.15) is 0 Å². The molecule has 0 aliphatic carbocycles. The van der Waals surface area contributed by atoms with Crippen molar-refractivity contribution < 1.29 is 4.43 Å². The van der Waals surface area contributed by atoms with Crippen LogP contribution in [-0.4, -0.2) is 15.6 Å². The summed E-state index contributed by atoms with van der Waals surface area (Å²) >= 11 is 0. The van der Waals surface area contributed by atoms with Gasteiger partial charge in [-0.25, -0.2) is 0 Å². The van der Waals surface area contributed by atoms with Crippen molar-refractivity contribution >= 4 is 9.04 Å². The SMILES string of the molecule is C=C(C)CO[Si](C)CCC.